The first-order valence-electron chi connectivity index (χ1n) is 7.25. The van der Waals surface area contributed by atoms with Crippen LogP contribution in [0.5, 0.6) is 0 Å². The molecule has 1 rings (SSSR count). The van der Waals surface area contributed by atoms with Gasteiger partial charge in [-0.1, -0.05) is 0 Å². The number of H-pyrrole nitrogens is 1. The fourth-order valence-electron chi connectivity index (χ4n) is 1.68. The van der Waals surface area contributed by atoms with Crippen molar-refractivity contribution in [3.63, 3.8) is 0 Å². The van der Waals surface area contributed by atoms with Gasteiger partial charge in [0.05, 0.1) is 18.8 Å². The number of aromatic nitrogens is 2. The Morgan fingerprint density at radius 2 is 1.86 bits per heavy atom. The topological polar surface area (TPSA) is 90.4 Å². The number of aryl methyl sites for hydroxylation is 1. The van der Waals surface area contributed by atoms with Gasteiger partial charge in [-0.05, 0) is 39.2 Å². The van der Waals surface area contributed by atoms with Gasteiger partial charge in [0.2, 0.25) is 0 Å². The van der Waals surface area contributed by atoms with Crippen molar-refractivity contribution in [2.24, 2.45) is 0 Å². The number of rotatable bonds is 8. The first-order valence-corrected chi connectivity index (χ1v) is 8.50. The molecule has 2 atom stereocenters. The molecule has 0 aliphatic carbocycles. The molecule has 0 aromatic carbocycles. The minimum atomic E-state index is -1.80. The van der Waals surface area contributed by atoms with Crippen molar-refractivity contribution in [3.8, 4) is 0 Å². The molecule has 8 heteroatoms. The van der Waals surface area contributed by atoms with Crippen LogP contribution in [0.25, 0.3) is 0 Å². The Morgan fingerprint density at radius 3 is 2.41 bits per heavy atom. The first kappa shape index (κ1) is 18.7. The third-order valence-electron chi connectivity index (χ3n) is 2.98. The zero-order chi connectivity index (χ0) is 16.9. The van der Waals surface area contributed by atoms with Gasteiger partial charge in [-0.15, -0.1) is 4.52 Å². The summed E-state index contributed by atoms with van der Waals surface area (Å²) in [6, 6.07) is -0.455. The summed E-state index contributed by atoms with van der Waals surface area (Å²) in [4.78, 5) is 25.7. The second-order valence-electron chi connectivity index (χ2n) is 5.69. The van der Waals surface area contributed by atoms with Crippen molar-refractivity contribution >= 4 is 8.03 Å². The standard InChI is InChI=1S/C14H23N2O5P/c1-9(2)20-7-12(8-21-22(19)10(3)4)16-6-11(5)13(17)15-14(16)18/h6,9-10,12H,7-8H2,1-5H3/p+1/t12-/m0/s1. The molecule has 0 aliphatic heterocycles. The highest BCUT2D eigenvalue weighted by Gasteiger charge is 2.26. The predicted molar refractivity (Wildman–Crippen MR) is 84.9 cm³/mol. The third-order valence-corrected chi connectivity index (χ3v) is 4.22. The Hall–Kier alpha value is -1.30. The van der Waals surface area contributed by atoms with Gasteiger partial charge in [0.1, 0.15) is 6.61 Å². The molecule has 1 aromatic heterocycles. The van der Waals surface area contributed by atoms with Gasteiger partial charge in [0.15, 0.2) is 5.66 Å². The highest BCUT2D eigenvalue weighted by molar-refractivity contribution is 7.39. The predicted octanol–water partition coefficient (Wildman–Crippen LogP) is 1.98. The molecule has 0 saturated heterocycles. The quantitative estimate of drug-likeness (QED) is 0.736. The Kier molecular flexibility index (Phi) is 7.13. The molecule has 0 bridgehead atoms. The van der Waals surface area contributed by atoms with Crippen molar-refractivity contribution < 1.29 is 13.8 Å². The van der Waals surface area contributed by atoms with Crippen LogP contribution < -0.4 is 11.2 Å². The highest BCUT2D eigenvalue weighted by atomic mass is 31.1. The van der Waals surface area contributed by atoms with Gasteiger partial charge in [-0.25, -0.2) is 4.79 Å². The maximum Gasteiger partial charge on any atom is 0.510 e. The molecular weight excluding hydrogens is 307 g/mol. The van der Waals surface area contributed by atoms with E-state index in [1.54, 1.807) is 20.8 Å². The Labute approximate surface area is 130 Å². The lowest BCUT2D eigenvalue weighted by molar-refractivity contribution is 0.0406. The van der Waals surface area contributed by atoms with E-state index < -0.39 is 25.3 Å². The normalized spacial score (nSPS) is 13.7. The monoisotopic (exact) mass is 331 g/mol. The number of hydrogen-bond acceptors (Lipinski definition) is 5. The van der Waals surface area contributed by atoms with Gasteiger partial charge in [0.25, 0.3) is 5.56 Å². The maximum absolute atomic E-state index is 12.0. The molecule has 0 amide bonds. The molecule has 0 spiro atoms. The van der Waals surface area contributed by atoms with E-state index in [2.05, 4.69) is 4.98 Å². The Bertz CT molecular complexity index is 620. The van der Waals surface area contributed by atoms with Gasteiger partial charge in [0, 0.05) is 11.8 Å². The molecule has 22 heavy (non-hydrogen) atoms. The van der Waals surface area contributed by atoms with E-state index >= 15 is 0 Å². The van der Waals surface area contributed by atoms with Gasteiger partial charge in [-0.3, -0.25) is 14.3 Å². The van der Waals surface area contributed by atoms with Crippen LogP contribution >= 0.6 is 8.03 Å². The smallest absolute Gasteiger partial charge is 0.377 e. The van der Waals surface area contributed by atoms with Crippen LogP contribution in [0.15, 0.2) is 15.8 Å². The lowest BCUT2D eigenvalue weighted by Gasteiger charge is -2.19. The van der Waals surface area contributed by atoms with Gasteiger partial charge in [-0.2, -0.15) is 0 Å². The van der Waals surface area contributed by atoms with Crippen LogP contribution in [-0.4, -0.2) is 34.5 Å². The summed E-state index contributed by atoms with van der Waals surface area (Å²) in [5.74, 6) is 0. The summed E-state index contributed by atoms with van der Waals surface area (Å²) >= 11 is 0. The fourth-order valence-corrected chi connectivity index (χ4v) is 2.30. The summed E-state index contributed by atoms with van der Waals surface area (Å²) in [5.41, 5.74) is -0.631. The molecule has 124 valence electrons. The minimum Gasteiger partial charge on any atom is -0.377 e. The second-order valence-corrected chi connectivity index (χ2v) is 7.55. The number of nitrogens with one attached hydrogen (secondary N) is 1. The van der Waals surface area contributed by atoms with Crippen molar-refractivity contribution in [2.75, 3.05) is 13.2 Å². The summed E-state index contributed by atoms with van der Waals surface area (Å²) in [6.07, 6.45) is 1.46. The van der Waals surface area contributed by atoms with Crippen LogP contribution in [0.4, 0.5) is 0 Å². The summed E-state index contributed by atoms with van der Waals surface area (Å²) in [5, 5.41) is 0. The van der Waals surface area contributed by atoms with Crippen LogP contribution in [0.2, 0.25) is 0 Å². The Morgan fingerprint density at radius 1 is 1.23 bits per heavy atom. The zero-order valence-electron chi connectivity index (χ0n) is 13.7. The van der Waals surface area contributed by atoms with Crippen LogP contribution in [0.1, 0.15) is 39.3 Å². The highest BCUT2D eigenvalue weighted by Crippen LogP contribution is 2.29. The summed E-state index contributed by atoms with van der Waals surface area (Å²) in [6.45, 7) is 9.28. The van der Waals surface area contributed by atoms with Crippen LogP contribution in [-0.2, 0) is 13.8 Å². The van der Waals surface area contributed by atoms with Crippen molar-refractivity contribution in [1.82, 2.24) is 9.55 Å². The molecule has 0 radical (unpaired) electrons. The van der Waals surface area contributed by atoms with E-state index in [0.29, 0.717) is 5.56 Å². The lowest BCUT2D eigenvalue weighted by atomic mass is 10.3. The van der Waals surface area contributed by atoms with Crippen molar-refractivity contribution in [1.29, 1.82) is 0 Å². The fraction of sp³-hybridized carbons (Fsp3) is 0.714. The molecule has 7 nitrogen and oxygen atoms in total. The number of hydrogen-bond donors (Lipinski definition) is 1. The number of aromatic amines is 1. The second kappa shape index (κ2) is 8.36. The van der Waals surface area contributed by atoms with E-state index in [4.69, 9.17) is 9.26 Å². The summed E-state index contributed by atoms with van der Waals surface area (Å²) in [7, 11) is -1.80. The molecule has 1 N–H and O–H groups in total. The average Bonchev–Trinajstić information content (AvgIpc) is 2.42. The number of nitrogens with zero attached hydrogens (tertiary/aromatic N) is 1. The first-order chi connectivity index (χ1) is 10.2. The van der Waals surface area contributed by atoms with E-state index in [-0.39, 0.29) is 25.0 Å². The lowest BCUT2D eigenvalue weighted by Crippen LogP contribution is -2.36. The SMILES string of the molecule is Cc1cn([C@@H](COC(C)C)CO[P+](=O)C(C)C)c(=O)[nH]c1=O. The summed E-state index contributed by atoms with van der Waals surface area (Å²) < 4.78 is 24.0. The van der Waals surface area contributed by atoms with Gasteiger partial charge < -0.3 is 4.74 Å². The van der Waals surface area contributed by atoms with Crippen LogP contribution in [0.3, 0.4) is 0 Å². The molecule has 1 heterocycles. The van der Waals surface area contributed by atoms with Gasteiger partial charge >= 0.3 is 13.7 Å². The van der Waals surface area contributed by atoms with Crippen LogP contribution in [0, 0.1) is 6.92 Å². The minimum absolute atomic E-state index is 0.0130. The number of ether oxygens (including phenoxy) is 1. The molecular formula is C14H24N2O5P+. The molecule has 0 aliphatic rings. The molecule has 1 unspecified atom stereocenters. The largest absolute Gasteiger partial charge is 0.510 e. The van der Waals surface area contributed by atoms with E-state index in [0.717, 1.165) is 0 Å². The van der Waals surface area contributed by atoms with E-state index in [9.17, 15) is 14.2 Å². The van der Waals surface area contributed by atoms with Crippen molar-refractivity contribution in [2.45, 2.75) is 52.4 Å². The maximum atomic E-state index is 12.0. The Balaban J connectivity index is 2.99. The average molecular weight is 331 g/mol. The zero-order valence-corrected chi connectivity index (χ0v) is 14.6. The molecule has 0 fully saturated rings. The van der Waals surface area contributed by atoms with E-state index in [1.807, 2.05) is 13.8 Å². The molecule has 1 aromatic rings. The van der Waals surface area contributed by atoms with Crippen molar-refractivity contribution in [3.05, 3.63) is 32.6 Å². The third kappa shape index (κ3) is 5.48. The van der Waals surface area contributed by atoms with E-state index in [1.165, 1.54) is 10.8 Å². The molecule has 0 saturated carbocycles.